The van der Waals surface area contributed by atoms with Crippen molar-refractivity contribution in [3.8, 4) is 11.3 Å². The topological polar surface area (TPSA) is 147 Å². The van der Waals surface area contributed by atoms with Gasteiger partial charge in [-0.2, -0.15) is 74.6 Å². The number of rotatable bonds is 14. The second-order valence-electron chi connectivity index (χ2n) is 11.3. The fourth-order valence-corrected chi connectivity index (χ4v) is 4.58. The highest BCUT2D eigenvalue weighted by atomic mass is 19.4. The van der Waals surface area contributed by atoms with Gasteiger partial charge in [0.2, 0.25) is 0 Å². The predicted octanol–water partition coefficient (Wildman–Crippen LogP) is 4.98. The molecule has 3 heterocycles. The van der Waals surface area contributed by atoms with Gasteiger partial charge in [0, 0.05) is 39.4 Å². The van der Waals surface area contributed by atoms with Crippen molar-refractivity contribution < 1.29 is 98.4 Å². The molecule has 0 unspecified atom stereocenters. The molecule has 0 spiro atoms. The monoisotopic (exact) mass is 825 g/mol. The zero-order valence-electron chi connectivity index (χ0n) is 26.3. The molecule has 0 bridgehead atoms. The molecule has 306 valence electrons. The highest BCUT2D eigenvalue weighted by Gasteiger charge is 2.95. The summed E-state index contributed by atoms with van der Waals surface area (Å²) >= 11 is 0. The van der Waals surface area contributed by atoms with Gasteiger partial charge in [0.25, 0.3) is 5.56 Å². The SMILES string of the molecule is CC(=O)OC[C@H]1O[C@@H](n2cc(-c3cn(CCC(F)(F)C(F)(F)C(F)(F)C(F)(F)C(F)(F)C(F)(F)C(F)(F)C(F)(F)F)nn3)c(=O)[nH]c2=O)C[C@@H]1OC(C)=O. The largest absolute Gasteiger partial charge is 0.463 e. The molecular formula is C25H20F17N5O7. The summed E-state index contributed by atoms with van der Waals surface area (Å²) in [6, 6.07) is 0. The van der Waals surface area contributed by atoms with Crippen molar-refractivity contribution in [3.63, 3.8) is 0 Å². The number of ether oxygens (including phenoxy) is 3. The van der Waals surface area contributed by atoms with E-state index in [9.17, 15) is 93.8 Å². The van der Waals surface area contributed by atoms with Crippen LogP contribution in [0, 0.1) is 0 Å². The molecule has 0 radical (unpaired) electrons. The van der Waals surface area contributed by atoms with Crippen LogP contribution in [0.15, 0.2) is 22.0 Å². The number of hydrogen-bond acceptors (Lipinski definition) is 9. The fraction of sp³-hybridized carbons (Fsp3) is 0.680. The molecule has 0 aromatic carbocycles. The van der Waals surface area contributed by atoms with Crippen LogP contribution in [0.3, 0.4) is 0 Å². The van der Waals surface area contributed by atoms with Crippen molar-refractivity contribution in [2.24, 2.45) is 0 Å². The number of halogens is 17. The van der Waals surface area contributed by atoms with Crippen molar-refractivity contribution in [1.82, 2.24) is 24.5 Å². The van der Waals surface area contributed by atoms with Crippen molar-refractivity contribution in [2.45, 2.75) is 99.3 Å². The molecule has 0 saturated carbocycles. The molecule has 1 saturated heterocycles. The number of hydrogen-bond donors (Lipinski definition) is 1. The molecule has 1 N–H and O–H groups in total. The van der Waals surface area contributed by atoms with Crippen LogP contribution in [0.4, 0.5) is 74.6 Å². The average Bonchev–Trinajstić information content (AvgIpc) is 3.64. The predicted molar refractivity (Wildman–Crippen MR) is 136 cm³/mol. The zero-order valence-corrected chi connectivity index (χ0v) is 26.3. The number of aromatic amines is 1. The summed E-state index contributed by atoms with van der Waals surface area (Å²) in [7, 11) is 0. The lowest BCUT2D eigenvalue weighted by Crippen LogP contribution is -2.74. The third-order valence-electron chi connectivity index (χ3n) is 7.48. The molecule has 12 nitrogen and oxygen atoms in total. The van der Waals surface area contributed by atoms with Crippen LogP contribution in [0.5, 0.6) is 0 Å². The molecule has 3 atom stereocenters. The minimum atomic E-state index is -8.76. The minimum Gasteiger partial charge on any atom is -0.463 e. The standard InChI is InChI=1S/C25H20F17N5O7/c1-9(48)52-8-14-13(53-10(2)49)5-15(54-14)47-6-11(16(50)43-17(47)51)12-7-46(45-44-12)4-3-18(26,27)19(28,29)20(30,31)21(32,33)22(34,35)23(36,37)24(38,39)25(40,41)42/h6-7,13-15H,3-5,8H2,1-2H3,(H,43,50,51)/t13-,14+,15+/m0/s1. The zero-order chi connectivity index (χ0) is 41.8. The van der Waals surface area contributed by atoms with Gasteiger partial charge in [-0.15, -0.1) is 5.10 Å². The van der Waals surface area contributed by atoms with Gasteiger partial charge >= 0.3 is 65.3 Å². The maximum atomic E-state index is 14.4. The normalized spacial score (nSPS) is 19.6. The van der Waals surface area contributed by atoms with Gasteiger partial charge < -0.3 is 14.2 Å². The summed E-state index contributed by atoms with van der Waals surface area (Å²) in [6.45, 7) is -0.337. The van der Waals surface area contributed by atoms with E-state index in [0.717, 1.165) is 13.8 Å². The highest BCUT2D eigenvalue weighted by Crippen LogP contribution is 2.64. The van der Waals surface area contributed by atoms with Crippen LogP contribution in [-0.2, 0) is 30.3 Å². The number of alkyl halides is 17. The maximum absolute atomic E-state index is 14.4. The van der Waals surface area contributed by atoms with Crippen molar-refractivity contribution in [3.05, 3.63) is 33.2 Å². The molecule has 54 heavy (non-hydrogen) atoms. The summed E-state index contributed by atoms with van der Waals surface area (Å²) in [5, 5.41) is 6.34. The Hall–Kier alpha value is -4.47. The van der Waals surface area contributed by atoms with Crippen molar-refractivity contribution in [2.75, 3.05) is 6.61 Å². The Bertz CT molecular complexity index is 1840. The molecule has 3 rings (SSSR count). The van der Waals surface area contributed by atoms with E-state index in [1.54, 1.807) is 4.98 Å². The smallest absolute Gasteiger partial charge is 0.460 e. The first kappa shape index (κ1) is 43.9. The molecule has 2 aromatic heterocycles. The summed E-state index contributed by atoms with van der Waals surface area (Å²) < 4.78 is 246. The third kappa shape index (κ3) is 7.32. The number of aryl methyl sites for hydroxylation is 1. The first-order valence-electron chi connectivity index (χ1n) is 14.1. The second kappa shape index (κ2) is 14.0. The number of carbonyl (C=O) groups is 2. The summed E-state index contributed by atoms with van der Waals surface area (Å²) in [5.74, 6) is -59.1. The average molecular weight is 825 g/mol. The Morgan fingerprint density at radius 2 is 1.31 bits per heavy atom. The molecule has 1 aliphatic rings. The Kier molecular flexibility index (Phi) is 11.4. The molecule has 0 amide bonds. The van der Waals surface area contributed by atoms with Crippen LogP contribution in [0.25, 0.3) is 11.3 Å². The number of carbonyl (C=O) groups excluding carboxylic acids is 2. The van der Waals surface area contributed by atoms with Crippen molar-refractivity contribution in [1.29, 1.82) is 0 Å². The fourth-order valence-electron chi connectivity index (χ4n) is 4.58. The lowest BCUT2D eigenvalue weighted by atomic mass is 9.88. The van der Waals surface area contributed by atoms with Gasteiger partial charge in [-0.3, -0.25) is 28.6 Å². The van der Waals surface area contributed by atoms with Crippen molar-refractivity contribution >= 4 is 11.9 Å². The van der Waals surface area contributed by atoms with E-state index in [-0.39, 0.29) is 11.1 Å². The summed E-state index contributed by atoms with van der Waals surface area (Å²) in [4.78, 5) is 49.5. The van der Waals surface area contributed by atoms with Gasteiger partial charge in [0.1, 0.15) is 30.7 Å². The van der Waals surface area contributed by atoms with Crippen LogP contribution in [0.2, 0.25) is 0 Å². The van der Waals surface area contributed by atoms with E-state index in [1.807, 2.05) is 0 Å². The number of aromatic nitrogens is 5. The quantitative estimate of drug-likeness (QED) is 0.206. The summed E-state index contributed by atoms with van der Waals surface area (Å²) in [5.41, 5.74) is -3.97. The second-order valence-corrected chi connectivity index (χ2v) is 11.3. The lowest BCUT2D eigenvalue weighted by molar-refractivity contribution is -0.461. The summed E-state index contributed by atoms with van der Waals surface area (Å²) in [6.07, 6.45) is -13.7. The maximum Gasteiger partial charge on any atom is 0.460 e. The number of nitrogens with one attached hydrogen (secondary N) is 1. The highest BCUT2D eigenvalue weighted by molar-refractivity contribution is 5.66. The van der Waals surface area contributed by atoms with E-state index in [1.165, 1.54) is 0 Å². The van der Waals surface area contributed by atoms with Crippen LogP contribution < -0.4 is 11.2 Å². The van der Waals surface area contributed by atoms with E-state index in [0.29, 0.717) is 17.0 Å². The van der Waals surface area contributed by atoms with Gasteiger partial charge in [0.05, 0.1) is 11.8 Å². The Morgan fingerprint density at radius 3 is 1.81 bits per heavy atom. The Balaban J connectivity index is 1.89. The van der Waals surface area contributed by atoms with Gasteiger partial charge in [-0.1, -0.05) is 5.21 Å². The first-order chi connectivity index (χ1) is 24.2. The van der Waals surface area contributed by atoms with E-state index in [2.05, 4.69) is 10.3 Å². The molecule has 1 fully saturated rings. The number of esters is 2. The van der Waals surface area contributed by atoms with Crippen LogP contribution >= 0.6 is 0 Å². The number of H-pyrrole nitrogens is 1. The molecule has 1 aliphatic heterocycles. The molecule has 0 aliphatic carbocycles. The van der Waals surface area contributed by atoms with E-state index < -0.39 is 120 Å². The third-order valence-corrected chi connectivity index (χ3v) is 7.48. The minimum absolute atomic E-state index is 0.00899. The van der Waals surface area contributed by atoms with Gasteiger partial charge in [-0.05, 0) is 0 Å². The van der Waals surface area contributed by atoms with Crippen LogP contribution in [0.1, 0.15) is 32.9 Å². The number of nitrogens with zero attached hydrogens (tertiary/aromatic N) is 4. The van der Waals surface area contributed by atoms with Gasteiger partial charge in [-0.25, -0.2) is 4.79 Å². The Morgan fingerprint density at radius 1 is 0.796 bits per heavy atom. The first-order valence-corrected chi connectivity index (χ1v) is 14.1. The van der Waals surface area contributed by atoms with E-state index >= 15 is 0 Å². The molecular weight excluding hydrogens is 805 g/mol. The molecule has 29 heteroatoms. The molecule has 2 aromatic rings. The van der Waals surface area contributed by atoms with Gasteiger partial charge in [0.15, 0.2) is 0 Å². The Labute approximate surface area is 286 Å². The van der Waals surface area contributed by atoms with Crippen LogP contribution in [-0.4, -0.2) is 103 Å². The lowest BCUT2D eigenvalue weighted by Gasteiger charge is -2.42. The van der Waals surface area contributed by atoms with E-state index in [4.69, 9.17) is 14.2 Å².